The highest BCUT2D eigenvalue weighted by atomic mass is 16.3. The number of piperidine rings is 1. The highest BCUT2D eigenvalue weighted by molar-refractivity contribution is 5.90. The van der Waals surface area contributed by atoms with Gasteiger partial charge in [0.05, 0.1) is 6.10 Å². The van der Waals surface area contributed by atoms with E-state index >= 15 is 0 Å². The van der Waals surface area contributed by atoms with Gasteiger partial charge in [-0.25, -0.2) is 4.98 Å². The Kier molecular flexibility index (Phi) is 3.73. The number of nitrogens with zero attached hydrogens (tertiary/aromatic N) is 3. The van der Waals surface area contributed by atoms with Gasteiger partial charge in [0.15, 0.2) is 0 Å². The number of nitrogens with one attached hydrogen (secondary N) is 1. The lowest BCUT2D eigenvalue weighted by Gasteiger charge is -2.29. The van der Waals surface area contributed by atoms with Crippen LogP contribution in [0.3, 0.4) is 0 Å². The molecule has 1 aliphatic heterocycles. The number of aliphatic hydroxyl groups excluding tert-OH is 1. The second-order valence-electron chi connectivity index (χ2n) is 4.40. The Morgan fingerprint density at radius 3 is 3.18 bits per heavy atom. The molecule has 1 aromatic heterocycles. The molecule has 1 saturated heterocycles. The summed E-state index contributed by atoms with van der Waals surface area (Å²) in [6.07, 6.45) is 2.94. The third-order valence-electron chi connectivity index (χ3n) is 2.89. The average Bonchev–Trinajstić information content (AvgIpc) is 2.77. The SMILES string of the molecule is CCCc1nc(C(=O)N2CCC[C@H](O)C2)n[nH]1. The molecule has 6 heteroatoms. The molecule has 0 bridgehead atoms. The Morgan fingerprint density at radius 2 is 2.47 bits per heavy atom. The van der Waals surface area contributed by atoms with E-state index in [0.29, 0.717) is 13.1 Å². The molecule has 17 heavy (non-hydrogen) atoms. The minimum Gasteiger partial charge on any atom is -0.391 e. The molecule has 2 heterocycles. The molecule has 94 valence electrons. The number of amides is 1. The number of H-pyrrole nitrogens is 1. The van der Waals surface area contributed by atoms with Crippen LogP contribution in [0.1, 0.15) is 42.6 Å². The fraction of sp³-hybridized carbons (Fsp3) is 0.727. The van der Waals surface area contributed by atoms with E-state index in [1.807, 2.05) is 6.92 Å². The smallest absolute Gasteiger partial charge is 0.293 e. The predicted octanol–water partition coefficient (Wildman–Crippen LogP) is 0.354. The average molecular weight is 238 g/mol. The molecule has 0 saturated carbocycles. The summed E-state index contributed by atoms with van der Waals surface area (Å²) in [4.78, 5) is 17.8. The second-order valence-corrected chi connectivity index (χ2v) is 4.40. The minimum absolute atomic E-state index is 0.192. The van der Waals surface area contributed by atoms with E-state index in [1.54, 1.807) is 4.90 Å². The van der Waals surface area contributed by atoms with Crippen molar-refractivity contribution in [3.63, 3.8) is 0 Å². The van der Waals surface area contributed by atoms with Crippen molar-refractivity contribution in [1.29, 1.82) is 0 Å². The monoisotopic (exact) mass is 238 g/mol. The van der Waals surface area contributed by atoms with E-state index in [1.165, 1.54) is 0 Å². The fourth-order valence-electron chi connectivity index (χ4n) is 2.02. The zero-order valence-corrected chi connectivity index (χ0v) is 10.0. The molecule has 2 N–H and O–H groups in total. The summed E-state index contributed by atoms with van der Waals surface area (Å²) in [6.45, 7) is 3.11. The van der Waals surface area contributed by atoms with Crippen molar-refractivity contribution in [2.45, 2.75) is 38.7 Å². The van der Waals surface area contributed by atoms with E-state index in [0.717, 1.165) is 31.5 Å². The van der Waals surface area contributed by atoms with Gasteiger partial charge in [-0.1, -0.05) is 6.92 Å². The van der Waals surface area contributed by atoms with Gasteiger partial charge in [0, 0.05) is 19.5 Å². The molecule has 0 aromatic carbocycles. The number of carbonyl (C=O) groups is 1. The standard InChI is InChI=1S/C11H18N4O2/c1-2-4-9-12-10(14-13-9)11(17)15-6-3-5-8(16)7-15/h8,16H,2-7H2,1H3,(H,12,13,14)/t8-/m0/s1. The van der Waals surface area contributed by atoms with Crippen molar-refractivity contribution in [3.8, 4) is 0 Å². The van der Waals surface area contributed by atoms with E-state index in [9.17, 15) is 9.90 Å². The number of rotatable bonds is 3. The highest BCUT2D eigenvalue weighted by Crippen LogP contribution is 2.12. The Labute approximate surface area is 100 Å². The maximum absolute atomic E-state index is 12.0. The number of likely N-dealkylation sites (tertiary alicyclic amines) is 1. The van der Waals surface area contributed by atoms with Gasteiger partial charge in [-0.3, -0.25) is 9.89 Å². The van der Waals surface area contributed by atoms with Crippen LogP contribution in [-0.2, 0) is 6.42 Å². The Hall–Kier alpha value is -1.43. The summed E-state index contributed by atoms with van der Waals surface area (Å²) in [5.41, 5.74) is 0. The van der Waals surface area contributed by atoms with Crippen molar-refractivity contribution in [3.05, 3.63) is 11.6 Å². The lowest BCUT2D eigenvalue weighted by Crippen LogP contribution is -2.42. The van der Waals surface area contributed by atoms with E-state index in [-0.39, 0.29) is 11.7 Å². The van der Waals surface area contributed by atoms with Gasteiger partial charge in [-0.15, -0.1) is 5.10 Å². The molecular formula is C11H18N4O2. The number of aromatic amines is 1. The molecule has 0 unspecified atom stereocenters. The lowest BCUT2D eigenvalue weighted by atomic mass is 10.1. The molecule has 0 radical (unpaired) electrons. The van der Waals surface area contributed by atoms with Crippen LogP contribution in [0, 0.1) is 0 Å². The zero-order valence-electron chi connectivity index (χ0n) is 10.0. The van der Waals surface area contributed by atoms with Gasteiger partial charge < -0.3 is 10.0 Å². The molecule has 1 atom stereocenters. The number of β-amino-alcohol motifs (C(OH)–C–C–N with tert-alkyl or cyclic N) is 1. The number of hydrogen-bond donors (Lipinski definition) is 2. The molecule has 1 aliphatic rings. The number of aromatic nitrogens is 3. The first-order chi connectivity index (χ1) is 8.20. The van der Waals surface area contributed by atoms with Crippen molar-refractivity contribution in [1.82, 2.24) is 20.1 Å². The first-order valence-corrected chi connectivity index (χ1v) is 6.09. The minimum atomic E-state index is -0.415. The topological polar surface area (TPSA) is 82.1 Å². The van der Waals surface area contributed by atoms with Gasteiger partial charge in [0.2, 0.25) is 5.82 Å². The molecule has 2 rings (SSSR count). The largest absolute Gasteiger partial charge is 0.391 e. The maximum Gasteiger partial charge on any atom is 0.293 e. The zero-order chi connectivity index (χ0) is 12.3. The summed E-state index contributed by atoms with van der Waals surface area (Å²) in [5.74, 6) is 0.762. The molecular weight excluding hydrogens is 220 g/mol. The Morgan fingerprint density at radius 1 is 1.65 bits per heavy atom. The molecule has 1 fully saturated rings. The molecule has 1 amide bonds. The fourth-order valence-corrected chi connectivity index (χ4v) is 2.02. The number of aryl methyl sites for hydroxylation is 1. The lowest BCUT2D eigenvalue weighted by molar-refractivity contribution is 0.0464. The van der Waals surface area contributed by atoms with Gasteiger partial charge in [0.25, 0.3) is 5.91 Å². The Bertz CT molecular complexity index is 391. The highest BCUT2D eigenvalue weighted by Gasteiger charge is 2.25. The van der Waals surface area contributed by atoms with Crippen LogP contribution in [0.15, 0.2) is 0 Å². The summed E-state index contributed by atoms with van der Waals surface area (Å²) in [6, 6.07) is 0. The third-order valence-corrected chi connectivity index (χ3v) is 2.89. The van der Waals surface area contributed by atoms with Crippen molar-refractivity contribution in [2.24, 2.45) is 0 Å². The summed E-state index contributed by atoms with van der Waals surface area (Å²) >= 11 is 0. The summed E-state index contributed by atoms with van der Waals surface area (Å²) in [7, 11) is 0. The molecule has 6 nitrogen and oxygen atoms in total. The van der Waals surface area contributed by atoms with Gasteiger partial charge in [-0.2, -0.15) is 0 Å². The molecule has 0 spiro atoms. The Balaban J connectivity index is 2.02. The summed E-state index contributed by atoms with van der Waals surface area (Å²) in [5, 5.41) is 16.2. The van der Waals surface area contributed by atoms with Gasteiger partial charge in [-0.05, 0) is 19.3 Å². The van der Waals surface area contributed by atoms with Crippen molar-refractivity contribution >= 4 is 5.91 Å². The molecule has 1 aromatic rings. The predicted molar refractivity (Wildman–Crippen MR) is 61.5 cm³/mol. The van der Waals surface area contributed by atoms with Crippen LogP contribution in [0.4, 0.5) is 0 Å². The number of hydrogen-bond acceptors (Lipinski definition) is 4. The van der Waals surface area contributed by atoms with E-state index in [4.69, 9.17) is 0 Å². The van der Waals surface area contributed by atoms with Crippen molar-refractivity contribution in [2.75, 3.05) is 13.1 Å². The van der Waals surface area contributed by atoms with Crippen LogP contribution >= 0.6 is 0 Å². The third kappa shape index (κ3) is 2.82. The van der Waals surface area contributed by atoms with Crippen LogP contribution < -0.4 is 0 Å². The first kappa shape index (κ1) is 12.0. The van der Waals surface area contributed by atoms with Crippen LogP contribution in [-0.4, -0.2) is 50.3 Å². The van der Waals surface area contributed by atoms with E-state index in [2.05, 4.69) is 15.2 Å². The molecule has 0 aliphatic carbocycles. The normalized spacial score (nSPS) is 20.6. The van der Waals surface area contributed by atoms with E-state index < -0.39 is 6.10 Å². The van der Waals surface area contributed by atoms with Crippen molar-refractivity contribution < 1.29 is 9.90 Å². The van der Waals surface area contributed by atoms with Gasteiger partial charge >= 0.3 is 0 Å². The summed E-state index contributed by atoms with van der Waals surface area (Å²) < 4.78 is 0. The number of carbonyl (C=O) groups excluding carboxylic acids is 1. The second kappa shape index (κ2) is 5.27. The van der Waals surface area contributed by atoms with Crippen LogP contribution in [0.5, 0.6) is 0 Å². The maximum atomic E-state index is 12.0. The van der Waals surface area contributed by atoms with Gasteiger partial charge in [0.1, 0.15) is 5.82 Å². The van der Waals surface area contributed by atoms with Crippen LogP contribution in [0.25, 0.3) is 0 Å². The number of aliphatic hydroxyl groups is 1. The quantitative estimate of drug-likeness (QED) is 0.796. The first-order valence-electron chi connectivity index (χ1n) is 6.09. The van der Waals surface area contributed by atoms with Crippen LogP contribution in [0.2, 0.25) is 0 Å².